The van der Waals surface area contributed by atoms with E-state index in [1.54, 1.807) is 4.90 Å². The lowest BCUT2D eigenvalue weighted by molar-refractivity contribution is -0.143. The van der Waals surface area contributed by atoms with Crippen molar-refractivity contribution in [2.45, 2.75) is 31.3 Å². The molecule has 0 aromatic heterocycles. The summed E-state index contributed by atoms with van der Waals surface area (Å²) in [7, 11) is 1.39. The van der Waals surface area contributed by atoms with Gasteiger partial charge in [0.05, 0.1) is 19.1 Å². The lowest BCUT2D eigenvalue weighted by atomic mass is 9.90. The molecule has 5 heteroatoms. The van der Waals surface area contributed by atoms with Crippen LogP contribution in [0.15, 0.2) is 54.6 Å². The van der Waals surface area contributed by atoms with Gasteiger partial charge in [0.1, 0.15) is 0 Å². The highest BCUT2D eigenvalue weighted by atomic mass is 16.5. The van der Waals surface area contributed by atoms with Crippen LogP contribution < -0.4 is 5.32 Å². The van der Waals surface area contributed by atoms with Gasteiger partial charge in [0.2, 0.25) is 0 Å². The van der Waals surface area contributed by atoms with Crippen molar-refractivity contribution in [1.82, 2.24) is 10.2 Å². The van der Waals surface area contributed by atoms with Gasteiger partial charge < -0.3 is 15.0 Å². The Balaban J connectivity index is 1.54. The number of rotatable bonds is 4. The molecule has 1 fully saturated rings. The molecule has 0 saturated heterocycles. The van der Waals surface area contributed by atoms with E-state index in [0.29, 0.717) is 19.0 Å². The van der Waals surface area contributed by atoms with Crippen LogP contribution in [0.2, 0.25) is 0 Å². The van der Waals surface area contributed by atoms with Gasteiger partial charge in [-0.3, -0.25) is 4.79 Å². The fraction of sp³-hybridized carbons (Fsp3) is 0.364. The number of nitrogens with one attached hydrogen (secondary N) is 1. The predicted octanol–water partition coefficient (Wildman–Crippen LogP) is 3.62. The second-order valence-electron chi connectivity index (χ2n) is 7.33. The van der Waals surface area contributed by atoms with Gasteiger partial charge in [0, 0.05) is 13.1 Å². The molecule has 140 valence electrons. The van der Waals surface area contributed by atoms with Crippen molar-refractivity contribution in [2.75, 3.05) is 13.7 Å². The highest BCUT2D eigenvalue weighted by molar-refractivity contribution is 5.82. The number of hydrogen-bond acceptors (Lipinski definition) is 3. The van der Waals surface area contributed by atoms with Crippen molar-refractivity contribution in [1.29, 1.82) is 0 Å². The van der Waals surface area contributed by atoms with E-state index >= 15 is 0 Å². The molecule has 1 saturated carbocycles. The monoisotopic (exact) mass is 364 g/mol. The van der Waals surface area contributed by atoms with Gasteiger partial charge >= 0.3 is 12.0 Å². The van der Waals surface area contributed by atoms with E-state index in [1.165, 1.54) is 7.11 Å². The Hall–Kier alpha value is -2.82. The summed E-state index contributed by atoms with van der Waals surface area (Å²) in [6, 6.07) is 17.8. The topological polar surface area (TPSA) is 58.6 Å². The average molecular weight is 364 g/mol. The molecule has 4 rings (SSSR count). The maximum atomic E-state index is 13.0. The Labute approximate surface area is 159 Å². The van der Waals surface area contributed by atoms with Crippen molar-refractivity contribution in [3.63, 3.8) is 0 Å². The minimum absolute atomic E-state index is 0.0208. The van der Waals surface area contributed by atoms with Gasteiger partial charge in [0.25, 0.3) is 0 Å². The van der Waals surface area contributed by atoms with Crippen molar-refractivity contribution >= 4 is 12.0 Å². The summed E-state index contributed by atoms with van der Waals surface area (Å²) in [5.74, 6) is -0.256. The van der Waals surface area contributed by atoms with Gasteiger partial charge in [0.15, 0.2) is 0 Å². The summed E-state index contributed by atoms with van der Waals surface area (Å²) in [5.41, 5.74) is 3.09. The number of urea groups is 1. The molecular formula is C22H24N2O3. The zero-order valence-electron chi connectivity index (χ0n) is 15.4. The maximum Gasteiger partial charge on any atom is 0.318 e. The number of amides is 2. The predicted molar refractivity (Wildman–Crippen MR) is 102 cm³/mol. The fourth-order valence-corrected chi connectivity index (χ4v) is 3.89. The van der Waals surface area contributed by atoms with Crippen LogP contribution in [-0.4, -0.2) is 30.6 Å². The van der Waals surface area contributed by atoms with Crippen molar-refractivity contribution in [3.8, 4) is 0 Å². The molecule has 5 nitrogen and oxygen atoms in total. The zero-order valence-corrected chi connectivity index (χ0v) is 15.4. The molecule has 27 heavy (non-hydrogen) atoms. The Morgan fingerprint density at radius 3 is 2.48 bits per heavy atom. The zero-order chi connectivity index (χ0) is 18.8. The van der Waals surface area contributed by atoms with E-state index in [9.17, 15) is 9.59 Å². The summed E-state index contributed by atoms with van der Waals surface area (Å²) < 4.78 is 4.98. The normalized spacial score (nSPS) is 19.7. The van der Waals surface area contributed by atoms with Crippen LogP contribution in [0.5, 0.6) is 0 Å². The summed E-state index contributed by atoms with van der Waals surface area (Å²) in [6.07, 6.45) is 2.26. The molecule has 2 aromatic rings. The molecule has 2 atom stereocenters. The lowest BCUT2D eigenvalue weighted by Gasteiger charge is -2.34. The molecule has 1 aliphatic heterocycles. The number of fused-ring (bicyclic) bond motifs is 1. The number of carbonyl (C=O) groups is 2. The number of ether oxygens (including phenoxy) is 1. The summed E-state index contributed by atoms with van der Waals surface area (Å²) >= 11 is 0. The molecule has 0 bridgehead atoms. The molecule has 2 aromatic carbocycles. The largest absolute Gasteiger partial charge is 0.468 e. The Morgan fingerprint density at radius 2 is 1.78 bits per heavy atom. The van der Waals surface area contributed by atoms with Gasteiger partial charge in [-0.05, 0) is 35.4 Å². The Bertz CT molecular complexity index is 832. The van der Waals surface area contributed by atoms with E-state index in [1.807, 2.05) is 42.5 Å². The Kier molecular flexibility index (Phi) is 4.84. The third kappa shape index (κ3) is 3.68. The van der Waals surface area contributed by atoms with Gasteiger partial charge in [-0.1, -0.05) is 54.6 Å². The molecule has 1 heterocycles. The number of carbonyl (C=O) groups excluding carboxylic acids is 2. The lowest BCUT2D eigenvalue weighted by Crippen LogP contribution is -2.47. The fourth-order valence-electron chi connectivity index (χ4n) is 3.89. The van der Waals surface area contributed by atoms with E-state index in [0.717, 1.165) is 29.5 Å². The number of hydrogen-bond donors (Lipinski definition) is 1. The van der Waals surface area contributed by atoms with E-state index < -0.39 is 5.92 Å². The van der Waals surface area contributed by atoms with E-state index in [4.69, 9.17) is 4.74 Å². The maximum absolute atomic E-state index is 13.0. The quantitative estimate of drug-likeness (QED) is 0.843. The van der Waals surface area contributed by atoms with Crippen LogP contribution in [0.3, 0.4) is 0 Å². The molecular weight excluding hydrogens is 340 g/mol. The van der Waals surface area contributed by atoms with Crippen molar-refractivity contribution < 1.29 is 14.3 Å². The van der Waals surface area contributed by atoms with Gasteiger partial charge in [-0.25, -0.2) is 4.79 Å². The van der Waals surface area contributed by atoms with Crippen LogP contribution >= 0.6 is 0 Å². The molecule has 0 radical (unpaired) electrons. The summed E-state index contributed by atoms with van der Waals surface area (Å²) in [6.45, 7) is 0.837. The van der Waals surface area contributed by atoms with Crippen LogP contribution in [0.4, 0.5) is 4.79 Å². The standard InChI is InChI=1S/C22H24N2O3/c1-27-21(25)19-14-24(13-17-9-5-6-10-18(17)19)22(26)23-20(16-11-12-16)15-7-3-2-4-8-15/h2-10,16,19-20H,11-14H2,1H3,(H,23,26). The first-order valence-corrected chi connectivity index (χ1v) is 9.43. The smallest absolute Gasteiger partial charge is 0.318 e. The molecule has 2 amide bonds. The minimum atomic E-state index is -0.443. The molecule has 0 spiro atoms. The minimum Gasteiger partial charge on any atom is -0.468 e. The molecule has 1 N–H and O–H groups in total. The van der Waals surface area contributed by atoms with Crippen LogP contribution in [-0.2, 0) is 16.1 Å². The van der Waals surface area contributed by atoms with Crippen molar-refractivity contribution in [3.05, 3.63) is 71.3 Å². The second kappa shape index (κ2) is 7.43. The third-order valence-electron chi connectivity index (χ3n) is 5.50. The number of nitrogens with zero attached hydrogens (tertiary/aromatic N) is 1. The first kappa shape index (κ1) is 17.6. The average Bonchev–Trinajstić information content (AvgIpc) is 3.56. The number of methoxy groups -OCH3 is 1. The molecule has 2 unspecified atom stereocenters. The van der Waals surface area contributed by atoms with E-state index in [-0.39, 0.29) is 18.0 Å². The highest BCUT2D eigenvalue weighted by Gasteiger charge is 2.37. The third-order valence-corrected chi connectivity index (χ3v) is 5.50. The second-order valence-corrected chi connectivity index (χ2v) is 7.33. The van der Waals surface area contributed by atoms with Crippen LogP contribution in [0.1, 0.15) is 41.5 Å². The highest BCUT2D eigenvalue weighted by Crippen LogP contribution is 2.41. The summed E-state index contributed by atoms with van der Waals surface area (Å²) in [4.78, 5) is 27.0. The first-order valence-electron chi connectivity index (χ1n) is 9.43. The first-order chi connectivity index (χ1) is 13.2. The van der Waals surface area contributed by atoms with Crippen LogP contribution in [0.25, 0.3) is 0 Å². The molecule has 2 aliphatic rings. The van der Waals surface area contributed by atoms with E-state index in [2.05, 4.69) is 17.4 Å². The number of esters is 1. The van der Waals surface area contributed by atoms with Gasteiger partial charge in [-0.2, -0.15) is 0 Å². The SMILES string of the molecule is COC(=O)C1CN(C(=O)NC(c2ccccc2)C2CC2)Cc2ccccc21. The van der Waals surface area contributed by atoms with Crippen molar-refractivity contribution in [2.24, 2.45) is 5.92 Å². The number of benzene rings is 2. The van der Waals surface area contributed by atoms with Crippen LogP contribution in [0, 0.1) is 5.92 Å². The van der Waals surface area contributed by atoms with Gasteiger partial charge in [-0.15, -0.1) is 0 Å². The molecule has 1 aliphatic carbocycles. The summed E-state index contributed by atoms with van der Waals surface area (Å²) in [5, 5.41) is 3.21. The Morgan fingerprint density at radius 1 is 1.07 bits per heavy atom.